The van der Waals surface area contributed by atoms with E-state index in [9.17, 15) is 5.11 Å². The van der Waals surface area contributed by atoms with E-state index in [2.05, 4.69) is 32.9 Å². The quantitative estimate of drug-likeness (QED) is 0.866. The summed E-state index contributed by atoms with van der Waals surface area (Å²) in [7, 11) is 0. The predicted molar refractivity (Wildman–Crippen MR) is 69.2 cm³/mol. The zero-order valence-corrected chi connectivity index (χ0v) is 11.0. The lowest BCUT2D eigenvalue weighted by Gasteiger charge is -2.27. The van der Waals surface area contributed by atoms with Gasteiger partial charge in [0.15, 0.2) is 0 Å². The van der Waals surface area contributed by atoms with Crippen LogP contribution >= 0.6 is 0 Å². The highest BCUT2D eigenvalue weighted by atomic mass is 16.5. The highest BCUT2D eigenvalue weighted by molar-refractivity contribution is 5.38. The lowest BCUT2D eigenvalue weighted by Crippen LogP contribution is -2.24. The molecule has 0 saturated heterocycles. The molecule has 1 aliphatic rings. The highest BCUT2D eigenvalue weighted by Crippen LogP contribution is 2.27. The van der Waals surface area contributed by atoms with Crippen LogP contribution in [0.2, 0.25) is 0 Å². The van der Waals surface area contributed by atoms with E-state index >= 15 is 0 Å². The van der Waals surface area contributed by atoms with Gasteiger partial charge in [-0.2, -0.15) is 0 Å². The number of aliphatic hydroxyl groups excluding tert-OH is 1. The molecule has 0 aliphatic heterocycles. The molecule has 1 aromatic carbocycles. The summed E-state index contributed by atoms with van der Waals surface area (Å²) >= 11 is 0. The van der Waals surface area contributed by atoms with Crippen LogP contribution in [0, 0.1) is 20.8 Å². The van der Waals surface area contributed by atoms with Crippen molar-refractivity contribution in [2.45, 2.75) is 52.2 Å². The zero-order valence-electron chi connectivity index (χ0n) is 11.0. The molecule has 17 heavy (non-hydrogen) atoms. The number of hydrogen-bond acceptors (Lipinski definition) is 2. The molecule has 94 valence electrons. The van der Waals surface area contributed by atoms with Gasteiger partial charge in [-0.25, -0.2) is 0 Å². The average molecular weight is 234 g/mol. The van der Waals surface area contributed by atoms with Crippen LogP contribution in [0.15, 0.2) is 12.1 Å². The van der Waals surface area contributed by atoms with Gasteiger partial charge >= 0.3 is 0 Å². The third kappa shape index (κ3) is 2.88. The van der Waals surface area contributed by atoms with Crippen molar-refractivity contribution in [1.82, 2.24) is 0 Å². The van der Waals surface area contributed by atoms with Crippen molar-refractivity contribution in [2.24, 2.45) is 0 Å². The SMILES string of the molecule is Cc1cc(C)c(C(O)COC2CCC2)c(C)c1. The van der Waals surface area contributed by atoms with Crippen molar-refractivity contribution >= 4 is 0 Å². The molecule has 1 saturated carbocycles. The second-order valence-corrected chi connectivity index (χ2v) is 5.21. The molecule has 0 bridgehead atoms. The molecular weight excluding hydrogens is 212 g/mol. The minimum absolute atomic E-state index is 0.385. The summed E-state index contributed by atoms with van der Waals surface area (Å²) in [6.07, 6.45) is 3.47. The summed E-state index contributed by atoms with van der Waals surface area (Å²) in [5.74, 6) is 0. The van der Waals surface area contributed by atoms with Crippen molar-refractivity contribution in [2.75, 3.05) is 6.61 Å². The molecule has 2 rings (SSSR count). The lowest BCUT2D eigenvalue weighted by molar-refractivity contribution is -0.0429. The molecule has 2 heteroatoms. The Morgan fingerprint density at radius 1 is 1.24 bits per heavy atom. The Kier molecular flexibility index (Phi) is 3.85. The van der Waals surface area contributed by atoms with Gasteiger partial charge in [-0.05, 0) is 56.7 Å². The van der Waals surface area contributed by atoms with Crippen LogP contribution < -0.4 is 0 Å². The maximum Gasteiger partial charge on any atom is 0.103 e. The Labute approximate surface area is 104 Å². The number of aliphatic hydroxyl groups is 1. The fraction of sp³-hybridized carbons (Fsp3) is 0.600. The number of aryl methyl sites for hydroxylation is 3. The van der Waals surface area contributed by atoms with Crippen LogP contribution in [0.3, 0.4) is 0 Å². The van der Waals surface area contributed by atoms with E-state index in [0.29, 0.717) is 12.7 Å². The first-order chi connectivity index (χ1) is 8.08. The summed E-state index contributed by atoms with van der Waals surface area (Å²) in [4.78, 5) is 0. The molecule has 0 radical (unpaired) electrons. The zero-order chi connectivity index (χ0) is 12.4. The van der Waals surface area contributed by atoms with Gasteiger partial charge in [0.25, 0.3) is 0 Å². The van der Waals surface area contributed by atoms with Crippen molar-refractivity contribution < 1.29 is 9.84 Å². The molecule has 1 unspecified atom stereocenters. The molecular formula is C15H22O2. The second-order valence-electron chi connectivity index (χ2n) is 5.21. The summed E-state index contributed by atoms with van der Waals surface area (Å²) in [5, 5.41) is 10.2. The first kappa shape index (κ1) is 12.6. The fourth-order valence-electron chi connectivity index (χ4n) is 2.56. The topological polar surface area (TPSA) is 29.5 Å². The van der Waals surface area contributed by atoms with Gasteiger partial charge in [-0.1, -0.05) is 17.7 Å². The molecule has 0 spiro atoms. The molecule has 0 heterocycles. The van der Waals surface area contributed by atoms with E-state index in [1.165, 1.54) is 12.0 Å². The first-order valence-electron chi connectivity index (χ1n) is 6.45. The molecule has 0 amide bonds. The first-order valence-corrected chi connectivity index (χ1v) is 6.45. The van der Waals surface area contributed by atoms with E-state index in [0.717, 1.165) is 29.5 Å². The van der Waals surface area contributed by atoms with Gasteiger partial charge < -0.3 is 9.84 Å². The Morgan fingerprint density at radius 3 is 2.29 bits per heavy atom. The van der Waals surface area contributed by atoms with Crippen molar-refractivity contribution in [1.29, 1.82) is 0 Å². The van der Waals surface area contributed by atoms with E-state index in [1.807, 2.05) is 0 Å². The minimum atomic E-state index is -0.490. The molecule has 1 aliphatic carbocycles. The number of benzene rings is 1. The molecule has 2 nitrogen and oxygen atoms in total. The van der Waals surface area contributed by atoms with Crippen LogP contribution in [-0.2, 0) is 4.74 Å². The van der Waals surface area contributed by atoms with Crippen LogP contribution in [0.1, 0.15) is 47.6 Å². The maximum absolute atomic E-state index is 10.2. The van der Waals surface area contributed by atoms with Gasteiger partial charge in [0.1, 0.15) is 6.10 Å². The van der Waals surface area contributed by atoms with Crippen molar-refractivity contribution in [3.8, 4) is 0 Å². The van der Waals surface area contributed by atoms with Gasteiger partial charge in [0, 0.05) is 0 Å². The van der Waals surface area contributed by atoms with Gasteiger partial charge in [-0.15, -0.1) is 0 Å². The third-order valence-electron chi connectivity index (χ3n) is 3.61. The number of ether oxygens (including phenoxy) is 1. The standard InChI is InChI=1S/C15H22O2/c1-10-7-11(2)15(12(3)8-10)14(16)9-17-13-5-4-6-13/h7-8,13-14,16H,4-6,9H2,1-3H3. The molecule has 0 aromatic heterocycles. The Balaban J connectivity index is 2.04. The van der Waals surface area contributed by atoms with E-state index < -0.39 is 6.10 Å². The summed E-state index contributed by atoms with van der Waals surface area (Å²) in [6, 6.07) is 4.24. The number of hydrogen-bond donors (Lipinski definition) is 1. The minimum Gasteiger partial charge on any atom is -0.386 e. The van der Waals surface area contributed by atoms with Crippen LogP contribution in [0.4, 0.5) is 0 Å². The van der Waals surface area contributed by atoms with Crippen molar-refractivity contribution in [3.05, 3.63) is 34.4 Å². The largest absolute Gasteiger partial charge is 0.386 e. The second kappa shape index (κ2) is 5.19. The van der Waals surface area contributed by atoms with E-state index in [-0.39, 0.29) is 0 Å². The van der Waals surface area contributed by atoms with Gasteiger partial charge in [-0.3, -0.25) is 0 Å². The van der Waals surface area contributed by atoms with Gasteiger partial charge in [0.05, 0.1) is 12.7 Å². The summed E-state index contributed by atoms with van der Waals surface area (Å²) in [6.45, 7) is 6.63. The Hall–Kier alpha value is -0.860. The number of rotatable bonds is 4. The molecule has 1 fully saturated rings. The van der Waals surface area contributed by atoms with Crippen LogP contribution in [-0.4, -0.2) is 17.8 Å². The summed E-state index contributed by atoms with van der Waals surface area (Å²) < 4.78 is 5.68. The third-order valence-corrected chi connectivity index (χ3v) is 3.61. The highest BCUT2D eigenvalue weighted by Gasteiger charge is 2.21. The van der Waals surface area contributed by atoms with Crippen molar-refractivity contribution in [3.63, 3.8) is 0 Å². The normalized spacial score (nSPS) is 17.9. The fourth-order valence-corrected chi connectivity index (χ4v) is 2.56. The molecule has 1 N–H and O–H groups in total. The lowest BCUT2D eigenvalue weighted by atomic mass is 9.94. The van der Waals surface area contributed by atoms with Gasteiger partial charge in [0.2, 0.25) is 0 Å². The van der Waals surface area contributed by atoms with E-state index in [4.69, 9.17) is 4.74 Å². The Morgan fingerprint density at radius 2 is 1.82 bits per heavy atom. The molecule has 1 atom stereocenters. The Bertz CT molecular complexity index is 371. The maximum atomic E-state index is 10.2. The predicted octanol–water partition coefficient (Wildman–Crippen LogP) is 3.21. The average Bonchev–Trinajstić information content (AvgIpc) is 2.13. The summed E-state index contributed by atoms with van der Waals surface area (Å²) in [5.41, 5.74) is 4.60. The smallest absolute Gasteiger partial charge is 0.103 e. The molecule has 1 aromatic rings. The monoisotopic (exact) mass is 234 g/mol. The van der Waals surface area contributed by atoms with Crippen LogP contribution in [0.25, 0.3) is 0 Å². The van der Waals surface area contributed by atoms with Crippen LogP contribution in [0.5, 0.6) is 0 Å². The van der Waals surface area contributed by atoms with E-state index in [1.54, 1.807) is 0 Å².